The van der Waals surface area contributed by atoms with Crippen LogP contribution in [0.25, 0.3) is 0 Å². The summed E-state index contributed by atoms with van der Waals surface area (Å²) in [6, 6.07) is 2.00. The predicted octanol–water partition coefficient (Wildman–Crippen LogP) is 1.60. The van der Waals surface area contributed by atoms with E-state index in [1.54, 1.807) is 0 Å². The topological polar surface area (TPSA) is 56.1 Å². The van der Waals surface area contributed by atoms with Crippen LogP contribution in [0.4, 0.5) is 0 Å². The Hall–Kier alpha value is -1.62. The Morgan fingerprint density at radius 1 is 1.53 bits per heavy atom. The van der Waals surface area contributed by atoms with E-state index in [4.69, 9.17) is 4.74 Å². The first-order valence-electron chi connectivity index (χ1n) is 6.49. The van der Waals surface area contributed by atoms with Gasteiger partial charge < -0.3 is 10.1 Å². The van der Waals surface area contributed by atoms with Crippen LogP contribution in [0.2, 0.25) is 0 Å². The van der Waals surface area contributed by atoms with Gasteiger partial charge in [0.25, 0.3) is 0 Å². The van der Waals surface area contributed by atoms with E-state index in [2.05, 4.69) is 17.0 Å². The lowest BCUT2D eigenvalue weighted by Crippen LogP contribution is -2.28. The van der Waals surface area contributed by atoms with Crippen LogP contribution in [0.5, 0.6) is 0 Å². The van der Waals surface area contributed by atoms with Crippen molar-refractivity contribution >= 4 is 5.91 Å². The van der Waals surface area contributed by atoms with Gasteiger partial charge in [-0.3, -0.25) is 9.48 Å². The molecule has 0 bridgehead atoms. The summed E-state index contributed by atoms with van der Waals surface area (Å²) in [7, 11) is 0. The van der Waals surface area contributed by atoms with Gasteiger partial charge in [-0.05, 0) is 26.8 Å². The van der Waals surface area contributed by atoms with Gasteiger partial charge in [-0.15, -0.1) is 0 Å². The average molecular weight is 265 g/mol. The van der Waals surface area contributed by atoms with Gasteiger partial charge in [0.2, 0.25) is 5.91 Å². The number of aryl methyl sites for hydroxylation is 3. The predicted molar refractivity (Wildman–Crippen MR) is 75.0 cm³/mol. The van der Waals surface area contributed by atoms with Crippen molar-refractivity contribution in [3.63, 3.8) is 0 Å². The molecule has 0 saturated carbocycles. The zero-order valence-corrected chi connectivity index (χ0v) is 12.0. The third-order valence-corrected chi connectivity index (χ3v) is 2.57. The summed E-state index contributed by atoms with van der Waals surface area (Å²) in [6.45, 7) is 11.8. The summed E-state index contributed by atoms with van der Waals surface area (Å²) < 4.78 is 7.15. The summed E-state index contributed by atoms with van der Waals surface area (Å²) in [5.41, 5.74) is 3.04. The molecule has 0 saturated heterocycles. The number of rotatable bonds is 8. The Balaban J connectivity index is 2.14. The fourth-order valence-electron chi connectivity index (χ4n) is 1.71. The van der Waals surface area contributed by atoms with E-state index in [0.717, 1.165) is 17.0 Å². The number of hydrogen-bond acceptors (Lipinski definition) is 3. The number of hydrogen-bond donors (Lipinski definition) is 1. The standard InChI is InChI=1S/C14H23N3O2/c1-11(2)10-19-8-6-15-14(18)5-7-17-13(4)9-12(3)16-17/h9H,1,5-8,10H2,2-4H3,(H,15,18). The molecule has 0 aromatic carbocycles. The molecule has 0 aliphatic heterocycles. The molecule has 0 unspecified atom stereocenters. The van der Waals surface area contributed by atoms with E-state index < -0.39 is 0 Å². The molecule has 0 spiro atoms. The van der Waals surface area contributed by atoms with Gasteiger partial charge in [0.15, 0.2) is 0 Å². The second-order valence-electron chi connectivity index (χ2n) is 4.76. The average Bonchev–Trinajstić information content (AvgIpc) is 2.64. The zero-order chi connectivity index (χ0) is 14.3. The Morgan fingerprint density at radius 2 is 2.26 bits per heavy atom. The van der Waals surface area contributed by atoms with E-state index in [0.29, 0.717) is 32.7 Å². The van der Waals surface area contributed by atoms with Crippen molar-refractivity contribution in [3.8, 4) is 0 Å². The lowest BCUT2D eigenvalue weighted by atomic mass is 10.3. The molecule has 1 aromatic rings. The number of aromatic nitrogens is 2. The second-order valence-corrected chi connectivity index (χ2v) is 4.76. The minimum atomic E-state index is 0.0199. The summed E-state index contributed by atoms with van der Waals surface area (Å²) in [5, 5.41) is 7.13. The maximum absolute atomic E-state index is 11.6. The molecule has 1 aromatic heterocycles. The highest BCUT2D eigenvalue weighted by Crippen LogP contribution is 2.02. The molecule has 106 valence electrons. The third-order valence-electron chi connectivity index (χ3n) is 2.57. The molecule has 1 heterocycles. The van der Waals surface area contributed by atoms with Crippen molar-refractivity contribution in [1.29, 1.82) is 0 Å². The van der Waals surface area contributed by atoms with E-state index >= 15 is 0 Å². The zero-order valence-electron chi connectivity index (χ0n) is 12.0. The minimum absolute atomic E-state index is 0.0199. The van der Waals surface area contributed by atoms with E-state index in [1.807, 2.05) is 31.5 Å². The molecule has 0 aliphatic rings. The number of carbonyl (C=O) groups excluding carboxylic acids is 1. The van der Waals surface area contributed by atoms with Crippen LogP contribution in [0.1, 0.15) is 24.7 Å². The largest absolute Gasteiger partial charge is 0.375 e. The molecule has 1 N–H and O–H groups in total. The molecule has 19 heavy (non-hydrogen) atoms. The molecular weight excluding hydrogens is 242 g/mol. The lowest BCUT2D eigenvalue weighted by molar-refractivity contribution is -0.121. The van der Waals surface area contributed by atoms with E-state index in [-0.39, 0.29) is 5.91 Å². The molecule has 0 aliphatic carbocycles. The highest BCUT2D eigenvalue weighted by Gasteiger charge is 2.04. The SMILES string of the molecule is C=C(C)COCCNC(=O)CCn1nc(C)cc1C. The molecule has 0 atom stereocenters. The smallest absolute Gasteiger partial charge is 0.221 e. The normalized spacial score (nSPS) is 10.5. The highest BCUT2D eigenvalue weighted by atomic mass is 16.5. The van der Waals surface area contributed by atoms with Crippen LogP contribution in [-0.4, -0.2) is 35.4 Å². The molecule has 0 radical (unpaired) electrons. The highest BCUT2D eigenvalue weighted by molar-refractivity contribution is 5.75. The first-order valence-corrected chi connectivity index (χ1v) is 6.49. The van der Waals surface area contributed by atoms with Gasteiger partial charge >= 0.3 is 0 Å². The number of amides is 1. The van der Waals surface area contributed by atoms with Crippen molar-refractivity contribution in [2.75, 3.05) is 19.8 Å². The number of carbonyl (C=O) groups is 1. The number of nitrogens with one attached hydrogen (secondary N) is 1. The van der Waals surface area contributed by atoms with Gasteiger partial charge in [-0.1, -0.05) is 12.2 Å². The molecule has 1 rings (SSSR count). The summed E-state index contributed by atoms with van der Waals surface area (Å²) in [6.07, 6.45) is 0.433. The quantitative estimate of drug-likeness (QED) is 0.574. The Morgan fingerprint density at radius 3 is 2.84 bits per heavy atom. The van der Waals surface area contributed by atoms with E-state index in [1.165, 1.54) is 0 Å². The molecule has 1 amide bonds. The summed E-state index contributed by atoms with van der Waals surface area (Å²) in [5.74, 6) is 0.0199. The molecule has 0 fully saturated rings. The van der Waals surface area contributed by atoms with Gasteiger partial charge in [0, 0.05) is 25.2 Å². The Labute approximate surface area is 114 Å². The lowest BCUT2D eigenvalue weighted by Gasteiger charge is -2.07. The van der Waals surface area contributed by atoms with Crippen LogP contribution in [-0.2, 0) is 16.1 Å². The van der Waals surface area contributed by atoms with Crippen molar-refractivity contribution in [2.24, 2.45) is 0 Å². The van der Waals surface area contributed by atoms with Gasteiger partial charge in [-0.25, -0.2) is 0 Å². The van der Waals surface area contributed by atoms with Crippen molar-refractivity contribution in [1.82, 2.24) is 15.1 Å². The number of nitrogens with zero attached hydrogens (tertiary/aromatic N) is 2. The molecule has 5 heteroatoms. The maximum Gasteiger partial charge on any atom is 0.221 e. The molecular formula is C14H23N3O2. The molecule has 5 nitrogen and oxygen atoms in total. The van der Waals surface area contributed by atoms with Crippen LogP contribution < -0.4 is 5.32 Å². The van der Waals surface area contributed by atoms with Crippen LogP contribution in [0.15, 0.2) is 18.2 Å². The van der Waals surface area contributed by atoms with Crippen molar-refractivity contribution in [2.45, 2.75) is 33.7 Å². The van der Waals surface area contributed by atoms with Gasteiger partial charge in [0.1, 0.15) is 0 Å². The van der Waals surface area contributed by atoms with Crippen molar-refractivity contribution in [3.05, 3.63) is 29.6 Å². The summed E-state index contributed by atoms with van der Waals surface area (Å²) >= 11 is 0. The third kappa shape index (κ3) is 6.20. The first kappa shape index (κ1) is 15.4. The fraction of sp³-hybridized carbons (Fsp3) is 0.571. The van der Waals surface area contributed by atoms with E-state index in [9.17, 15) is 4.79 Å². The van der Waals surface area contributed by atoms with Gasteiger partial charge in [-0.2, -0.15) is 5.10 Å². The van der Waals surface area contributed by atoms with Crippen LogP contribution in [0.3, 0.4) is 0 Å². The Bertz CT molecular complexity index is 438. The second kappa shape index (κ2) is 7.74. The summed E-state index contributed by atoms with van der Waals surface area (Å²) in [4.78, 5) is 11.6. The van der Waals surface area contributed by atoms with Crippen molar-refractivity contribution < 1.29 is 9.53 Å². The van der Waals surface area contributed by atoms with Crippen LogP contribution in [0, 0.1) is 13.8 Å². The first-order chi connectivity index (χ1) is 8.99. The minimum Gasteiger partial charge on any atom is -0.375 e. The maximum atomic E-state index is 11.6. The fourth-order valence-corrected chi connectivity index (χ4v) is 1.71. The van der Waals surface area contributed by atoms with Crippen LogP contribution >= 0.6 is 0 Å². The monoisotopic (exact) mass is 265 g/mol. The Kier molecular flexibility index (Phi) is 6.29. The van der Waals surface area contributed by atoms with Gasteiger partial charge in [0.05, 0.1) is 18.9 Å². The number of ether oxygens (including phenoxy) is 1.